The van der Waals surface area contributed by atoms with E-state index >= 15 is 0 Å². The number of hydrogen-bond acceptors (Lipinski definition) is 4. The highest BCUT2D eigenvalue weighted by Crippen LogP contribution is 2.38. The minimum absolute atomic E-state index is 0.0892. The highest BCUT2D eigenvalue weighted by atomic mass is 32.2. The fraction of sp³-hybridized carbons (Fsp3) is 0.381. The normalized spacial score (nSPS) is 13.0. The number of ether oxygens (including phenoxy) is 2. The van der Waals surface area contributed by atoms with Crippen molar-refractivity contribution in [2.24, 2.45) is 0 Å². The maximum atomic E-state index is 13.2. The molecule has 0 aliphatic heterocycles. The van der Waals surface area contributed by atoms with Gasteiger partial charge >= 0.3 is 12.1 Å². The molecule has 0 bridgehead atoms. The van der Waals surface area contributed by atoms with Crippen LogP contribution >= 0.6 is 0 Å². The SMILES string of the molecule is COc1ccc(CC(=O)O)cc1Oc1ccc(C(F)(F)F)cc1CS(=O)C(C)(C)C. The van der Waals surface area contributed by atoms with Crippen molar-refractivity contribution in [1.29, 1.82) is 0 Å². The number of methoxy groups -OCH3 is 1. The Labute approximate surface area is 175 Å². The van der Waals surface area contributed by atoms with Crippen LogP contribution < -0.4 is 9.47 Å². The zero-order chi connectivity index (χ0) is 22.7. The number of carboxylic acids is 1. The second-order valence-electron chi connectivity index (χ2n) is 7.58. The number of alkyl halides is 3. The van der Waals surface area contributed by atoms with Crippen molar-refractivity contribution < 1.29 is 36.8 Å². The highest BCUT2D eigenvalue weighted by Gasteiger charge is 2.32. The molecule has 5 nitrogen and oxygen atoms in total. The summed E-state index contributed by atoms with van der Waals surface area (Å²) < 4.78 is 62.6. The van der Waals surface area contributed by atoms with Crippen LogP contribution in [0.3, 0.4) is 0 Å². The Morgan fingerprint density at radius 2 is 1.67 bits per heavy atom. The third kappa shape index (κ3) is 6.22. The Morgan fingerprint density at radius 1 is 1.03 bits per heavy atom. The van der Waals surface area contributed by atoms with Gasteiger partial charge in [0.25, 0.3) is 0 Å². The number of carboxylic acid groups (broad SMARTS) is 1. The highest BCUT2D eigenvalue weighted by molar-refractivity contribution is 7.85. The molecule has 0 spiro atoms. The Morgan fingerprint density at radius 3 is 2.20 bits per heavy atom. The molecule has 1 atom stereocenters. The van der Waals surface area contributed by atoms with Crippen LogP contribution in [0.5, 0.6) is 17.2 Å². The number of benzene rings is 2. The molecule has 164 valence electrons. The van der Waals surface area contributed by atoms with E-state index in [9.17, 15) is 22.2 Å². The van der Waals surface area contributed by atoms with E-state index < -0.39 is 33.3 Å². The van der Waals surface area contributed by atoms with Gasteiger partial charge in [0.05, 0.1) is 24.8 Å². The first-order chi connectivity index (χ1) is 13.8. The number of aliphatic carboxylic acids is 1. The summed E-state index contributed by atoms with van der Waals surface area (Å²) in [5.74, 6) is -0.654. The van der Waals surface area contributed by atoms with Crippen LogP contribution in [0.1, 0.15) is 37.5 Å². The summed E-state index contributed by atoms with van der Waals surface area (Å²) in [5.41, 5.74) is -0.309. The zero-order valence-electron chi connectivity index (χ0n) is 17.0. The molecule has 0 aliphatic rings. The van der Waals surface area contributed by atoms with Crippen molar-refractivity contribution in [3.63, 3.8) is 0 Å². The van der Waals surface area contributed by atoms with Crippen LogP contribution in [0.25, 0.3) is 0 Å². The number of carbonyl (C=O) groups is 1. The maximum absolute atomic E-state index is 13.2. The Kier molecular flexibility index (Phi) is 7.18. The minimum atomic E-state index is -4.56. The topological polar surface area (TPSA) is 72.8 Å². The summed E-state index contributed by atoms with van der Waals surface area (Å²) in [6.07, 6.45) is -4.82. The summed E-state index contributed by atoms with van der Waals surface area (Å²) in [6.45, 7) is 5.20. The zero-order valence-corrected chi connectivity index (χ0v) is 17.8. The summed E-state index contributed by atoms with van der Waals surface area (Å²) in [5, 5.41) is 8.99. The summed E-state index contributed by atoms with van der Waals surface area (Å²) in [4.78, 5) is 11.0. The number of halogens is 3. The van der Waals surface area contributed by atoms with E-state index in [0.29, 0.717) is 5.56 Å². The Balaban J connectivity index is 2.50. The summed E-state index contributed by atoms with van der Waals surface area (Å²) in [7, 11) is -0.0770. The number of rotatable bonds is 7. The molecule has 0 amide bonds. The van der Waals surface area contributed by atoms with Crippen LogP contribution in [-0.2, 0) is 33.9 Å². The van der Waals surface area contributed by atoms with E-state index in [2.05, 4.69) is 0 Å². The van der Waals surface area contributed by atoms with Gasteiger partial charge in [0.1, 0.15) is 5.75 Å². The predicted molar refractivity (Wildman–Crippen MR) is 107 cm³/mol. The van der Waals surface area contributed by atoms with Gasteiger partial charge in [-0.25, -0.2) is 0 Å². The molecule has 2 aromatic rings. The second kappa shape index (κ2) is 9.07. The van der Waals surface area contributed by atoms with E-state index in [1.165, 1.54) is 25.3 Å². The molecule has 2 rings (SSSR count). The fourth-order valence-electron chi connectivity index (χ4n) is 2.53. The first kappa shape index (κ1) is 23.7. The smallest absolute Gasteiger partial charge is 0.416 e. The van der Waals surface area contributed by atoms with Gasteiger partial charge in [-0.1, -0.05) is 6.07 Å². The van der Waals surface area contributed by atoms with Gasteiger partial charge in [0.2, 0.25) is 0 Å². The average molecular weight is 444 g/mol. The summed E-state index contributed by atoms with van der Waals surface area (Å²) in [6, 6.07) is 7.50. The lowest BCUT2D eigenvalue weighted by molar-refractivity contribution is -0.138. The van der Waals surface area contributed by atoms with E-state index in [-0.39, 0.29) is 35.0 Å². The monoisotopic (exact) mass is 444 g/mol. The molecule has 1 unspecified atom stereocenters. The molecular weight excluding hydrogens is 421 g/mol. The Hall–Kier alpha value is -2.55. The molecule has 0 radical (unpaired) electrons. The predicted octanol–water partition coefficient (Wildman–Crippen LogP) is 5.18. The van der Waals surface area contributed by atoms with E-state index in [0.717, 1.165) is 12.1 Å². The van der Waals surface area contributed by atoms with Crippen molar-refractivity contribution >= 4 is 16.8 Å². The van der Waals surface area contributed by atoms with Gasteiger partial charge in [-0.3, -0.25) is 9.00 Å². The first-order valence-corrected chi connectivity index (χ1v) is 10.3. The minimum Gasteiger partial charge on any atom is -0.493 e. The van der Waals surface area contributed by atoms with E-state index in [1.807, 2.05) is 0 Å². The van der Waals surface area contributed by atoms with Gasteiger partial charge in [-0.05, 0) is 56.7 Å². The lowest BCUT2D eigenvalue weighted by Gasteiger charge is -2.20. The van der Waals surface area contributed by atoms with Crippen LogP contribution in [0, 0.1) is 0 Å². The largest absolute Gasteiger partial charge is 0.493 e. The molecule has 0 aromatic heterocycles. The third-order valence-corrected chi connectivity index (χ3v) is 6.10. The molecular formula is C21H23F3O5S. The van der Waals surface area contributed by atoms with E-state index in [1.54, 1.807) is 26.8 Å². The molecule has 9 heteroatoms. The van der Waals surface area contributed by atoms with Gasteiger partial charge in [-0.15, -0.1) is 0 Å². The summed E-state index contributed by atoms with van der Waals surface area (Å²) >= 11 is 0. The van der Waals surface area contributed by atoms with Gasteiger partial charge in [0.15, 0.2) is 11.5 Å². The quantitative estimate of drug-likeness (QED) is 0.637. The van der Waals surface area contributed by atoms with Gasteiger partial charge in [0, 0.05) is 21.1 Å². The van der Waals surface area contributed by atoms with Crippen molar-refractivity contribution in [2.75, 3.05) is 7.11 Å². The van der Waals surface area contributed by atoms with Crippen molar-refractivity contribution in [3.05, 3.63) is 53.1 Å². The molecule has 2 aromatic carbocycles. The van der Waals surface area contributed by atoms with Crippen molar-refractivity contribution in [3.8, 4) is 17.2 Å². The Bertz CT molecular complexity index is 949. The van der Waals surface area contributed by atoms with Crippen molar-refractivity contribution in [2.45, 2.75) is 43.9 Å². The molecule has 0 heterocycles. The molecule has 1 N–H and O–H groups in total. The van der Waals surface area contributed by atoms with Gasteiger partial charge in [-0.2, -0.15) is 13.2 Å². The second-order valence-corrected chi connectivity index (χ2v) is 9.78. The van der Waals surface area contributed by atoms with Gasteiger partial charge < -0.3 is 14.6 Å². The lowest BCUT2D eigenvalue weighted by Crippen LogP contribution is -2.23. The van der Waals surface area contributed by atoms with E-state index in [4.69, 9.17) is 14.6 Å². The van der Waals surface area contributed by atoms with Crippen molar-refractivity contribution in [1.82, 2.24) is 0 Å². The average Bonchev–Trinajstić information content (AvgIpc) is 2.61. The lowest BCUT2D eigenvalue weighted by atomic mass is 10.1. The van der Waals surface area contributed by atoms with Crippen LogP contribution in [0.4, 0.5) is 13.2 Å². The standard InChI is InChI=1S/C21H23F3O5S/c1-20(2,3)30(27)12-14-11-15(21(22,23)24)6-8-16(14)29-18-9-13(10-19(25)26)5-7-17(18)28-4/h5-9,11H,10,12H2,1-4H3,(H,25,26). The number of hydrogen-bond donors (Lipinski definition) is 1. The molecule has 0 aliphatic carbocycles. The maximum Gasteiger partial charge on any atom is 0.416 e. The molecule has 30 heavy (non-hydrogen) atoms. The fourth-order valence-corrected chi connectivity index (χ4v) is 3.47. The van der Waals surface area contributed by atoms with Crippen LogP contribution in [-0.4, -0.2) is 27.1 Å². The van der Waals surface area contributed by atoms with Crippen LogP contribution in [0.15, 0.2) is 36.4 Å². The third-order valence-electron chi connectivity index (χ3n) is 4.16. The first-order valence-electron chi connectivity index (χ1n) is 8.96. The molecule has 0 fully saturated rings. The van der Waals surface area contributed by atoms with Crippen LogP contribution in [0.2, 0.25) is 0 Å². The molecule has 0 saturated heterocycles. The molecule has 0 saturated carbocycles.